The lowest BCUT2D eigenvalue weighted by molar-refractivity contribution is 0.112. The van der Waals surface area contributed by atoms with E-state index in [1.807, 2.05) is 0 Å². The summed E-state index contributed by atoms with van der Waals surface area (Å²) in [4.78, 5) is 19.1. The monoisotopic (exact) mass is 266 g/mol. The molecule has 1 aromatic rings. The minimum atomic E-state index is 0.610. The highest BCUT2D eigenvalue weighted by atomic mass is 32.1. The fraction of sp³-hybridized carbons (Fsp3) is 0.714. The van der Waals surface area contributed by atoms with E-state index in [1.54, 1.807) is 11.3 Å². The number of anilines is 1. The van der Waals surface area contributed by atoms with Crippen molar-refractivity contribution in [2.45, 2.75) is 58.4 Å². The summed E-state index contributed by atoms with van der Waals surface area (Å²) in [6.45, 7) is 5.46. The summed E-state index contributed by atoms with van der Waals surface area (Å²) in [6.07, 6.45) is 7.92. The number of aryl methyl sites for hydroxylation is 1. The Morgan fingerprint density at radius 2 is 2.28 bits per heavy atom. The molecule has 2 heterocycles. The second-order valence-electron chi connectivity index (χ2n) is 4.93. The molecule has 18 heavy (non-hydrogen) atoms. The van der Waals surface area contributed by atoms with Crippen molar-refractivity contribution < 1.29 is 4.79 Å². The molecule has 0 saturated carbocycles. The number of piperidine rings is 1. The predicted molar refractivity (Wildman–Crippen MR) is 76.8 cm³/mol. The standard InChI is InChI=1S/C14H22N2OS/c1-3-7-12-13(10-17)18-14(15-12)16-9-6-5-8-11(16)4-2/h10-11H,3-9H2,1-2H3. The molecule has 0 bridgehead atoms. The summed E-state index contributed by atoms with van der Waals surface area (Å²) in [5.41, 5.74) is 0.993. The molecule has 1 aliphatic rings. The van der Waals surface area contributed by atoms with E-state index in [0.29, 0.717) is 6.04 Å². The van der Waals surface area contributed by atoms with E-state index < -0.39 is 0 Å². The lowest BCUT2D eigenvalue weighted by Gasteiger charge is -2.35. The highest BCUT2D eigenvalue weighted by molar-refractivity contribution is 7.17. The van der Waals surface area contributed by atoms with E-state index in [1.165, 1.54) is 25.7 Å². The van der Waals surface area contributed by atoms with Crippen LogP contribution < -0.4 is 4.90 Å². The fourth-order valence-electron chi connectivity index (χ4n) is 2.66. The predicted octanol–water partition coefficient (Wildman–Crippen LogP) is 3.68. The molecule has 1 saturated heterocycles. The van der Waals surface area contributed by atoms with E-state index in [0.717, 1.165) is 41.4 Å². The molecule has 3 nitrogen and oxygen atoms in total. The molecule has 1 aromatic heterocycles. The number of aromatic nitrogens is 1. The number of hydrogen-bond donors (Lipinski definition) is 0. The third-order valence-electron chi connectivity index (χ3n) is 3.65. The van der Waals surface area contributed by atoms with Crippen LogP contribution in [0.25, 0.3) is 0 Å². The summed E-state index contributed by atoms with van der Waals surface area (Å²) in [6, 6.07) is 0.610. The zero-order valence-electron chi connectivity index (χ0n) is 11.3. The Morgan fingerprint density at radius 1 is 1.44 bits per heavy atom. The third-order valence-corrected chi connectivity index (χ3v) is 4.71. The Hall–Kier alpha value is -0.900. The Bertz CT molecular complexity index is 402. The van der Waals surface area contributed by atoms with Gasteiger partial charge in [-0.05, 0) is 32.1 Å². The quantitative estimate of drug-likeness (QED) is 0.762. The van der Waals surface area contributed by atoms with Gasteiger partial charge in [-0.25, -0.2) is 4.98 Å². The molecule has 1 fully saturated rings. The van der Waals surface area contributed by atoms with Gasteiger partial charge in [0.05, 0.1) is 10.6 Å². The van der Waals surface area contributed by atoms with E-state index in [-0.39, 0.29) is 0 Å². The average molecular weight is 266 g/mol. The van der Waals surface area contributed by atoms with E-state index in [4.69, 9.17) is 4.98 Å². The van der Waals surface area contributed by atoms with Gasteiger partial charge in [-0.1, -0.05) is 31.6 Å². The summed E-state index contributed by atoms with van der Waals surface area (Å²) >= 11 is 1.57. The topological polar surface area (TPSA) is 33.2 Å². The summed E-state index contributed by atoms with van der Waals surface area (Å²) in [7, 11) is 0. The summed E-state index contributed by atoms with van der Waals surface area (Å²) < 4.78 is 0. The Balaban J connectivity index is 2.23. The van der Waals surface area contributed by atoms with E-state index in [2.05, 4.69) is 18.7 Å². The maximum Gasteiger partial charge on any atom is 0.186 e. The molecule has 1 aliphatic heterocycles. The van der Waals surface area contributed by atoms with Gasteiger partial charge in [-0.15, -0.1) is 0 Å². The number of aldehydes is 1. The van der Waals surface area contributed by atoms with Crippen LogP contribution in [-0.2, 0) is 6.42 Å². The molecular weight excluding hydrogens is 244 g/mol. The second kappa shape index (κ2) is 6.32. The van der Waals surface area contributed by atoms with Crippen LogP contribution in [0.1, 0.15) is 61.3 Å². The largest absolute Gasteiger partial charge is 0.345 e. The van der Waals surface area contributed by atoms with Gasteiger partial charge >= 0.3 is 0 Å². The fourth-order valence-corrected chi connectivity index (χ4v) is 3.68. The third kappa shape index (κ3) is 2.74. The molecule has 0 amide bonds. The van der Waals surface area contributed by atoms with Crippen LogP contribution in [0.15, 0.2) is 0 Å². The van der Waals surface area contributed by atoms with Crippen LogP contribution in [0, 0.1) is 0 Å². The zero-order chi connectivity index (χ0) is 13.0. The van der Waals surface area contributed by atoms with Crippen molar-refractivity contribution in [2.24, 2.45) is 0 Å². The molecule has 0 aliphatic carbocycles. The van der Waals surface area contributed by atoms with Crippen molar-refractivity contribution in [3.63, 3.8) is 0 Å². The molecule has 0 spiro atoms. The molecule has 4 heteroatoms. The van der Waals surface area contributed by atoms with E-state index >= 15 is 0 Å². The normalized spacial score (nSPS) is 20.1. The Labute approximate surface area is 113 Å². The van der Waals surface area contributed by atoms with Crippen LogP contribution in [0.5, 0.6) is 0 Å². The first-order valence-electron chi connectivity index (χ1n) is 7.01. The molecule has 0 N–H and O–H groups in total. The number of carbonyl (C=O) groups excluding carboxylic acids is 1. The molecule has 1 atom stereocenters. The van der Waals surface area contributed by atoms with Gasteiger partial charge in [0, 0.05) is 12.6 Å². The van der Waals surface area contributed by atoms with Crippen LogP contribution in [-0.4, -0.2) is 23.9 Å². The van der Waals surface area contributed by atoms with Crippen molar-refractivity contribution >= 4 is 22.8 Å². The first-order valence-corrected chi connectivity index (χ1v) is 7.83. The molecule has 0 radical (unpaired) electrons. The molecular formula is C14H22N2OS. The first kappa shape index (κ1) is 13.5. The number of carbonyl (C=O) groups is 1. The zero-order valence-corrected chi connectivity index (χ0v) is 12.1. The highest BCUT2D eigenvalue weighted by Gasteiger charge is 2.24. The number of hydrogen-bond acceptors (Lipinski definition) is 4. The van der Waals surface area contributed by atoms with Gasteiger partial charge < -0.3 is 4.90 Å². The molecule has 1 unspecified atom stereocenters. The first-order chi connectivity index (χ1) is 8.80. The van der Waals surface area contributed by atoms with Gasteiger partial charge in [0.1, 0.15) is 0 Å². The van der Waals surface area contributed by atoms with Gasteiger partial charge in [0.25, 0.3) is 0 Å². The van der Waals surface area contributed by atoms with Crippen LogP contribution in [0.4, 0.5) is 5.13 Å². The second-order valence-corrected chi connectivity index (χ2v) is 5.94. The van der Waals surface area contributed by atoms with Gasteiger partial charge in [-0.2, -0.15) is 0 Å². The van der Waals surface area contributed by atoms with Crippen molar-refractivity contribution in [1.82, 2.24) is 4.98 Å². The minimum Gasteiger partial charge on any atom is -0.345 e. The molecule has 0 aromatic carbocycles. The molecule has 2 rings (SSSR count). The van der Waals surface area contributed by atoms with Gasteiger partial charge in [0.15, 0.2) is 11.4 Å². The Kier molecular flexibility index (Phi) is 4.75. The van der Waals surface area contributed by atoms with Crippen LogP contribution in [0.2, 0.25) is 0 Å². The Morgan fingerprint density at radius 3 is 2.94 bits per heavy atom. The van der Waals surface area contributed by atoms with E-state index in [9.17, 15) is 4.79 Å². The highest BCUT2D eigenvalue weighted by Crippen LogP contribution is 2.31. The number of nitrogens with zero attached hydrogens (tertiary/aromatic N) is 2. The maximum atomic E-state index is 11.1. The van der Waals surface area contributed by atoms with Crippen molar-refractivity contribution in [3.8, 4) is 0 Å². The van der Waals surface area contributed by atoms with Crippen LogP contribution >= 0.6 is 11.3 Å². The average Bonchev–Trinajstić information content (AvgIpc) is 2.82. The lowest BCUT2D eigenvalue weighted by atomic mass is 10.0. The molecule has 100 valence electrons. The minimum absolute atomic E-state index is 0.610. The van der Waals surface area contributed by atoms with Crippen molar-refractivity contribution in [1.29, 1.82) is 0 Å². The van der Waals surface area contributed by atoms with Crippen molar-refractivity contribution in [2.75, 3.05) is 11.4 Å². The summed E-state index contributed by atoms with van der Waals surface area (Å²) in [5, 5.41) is 1.06. The van der Waals surface area contributed by atoms with Crippen molar-refractivity contribution in [3.05, 3.63) is 10.6 Å². The smallest absolute Gasteiger partial charge is 0.186 e. The number of thiazole rings is 1. The summed E-state index contributed by atoms with van der Waals surface area (Å²) in [5.74, 6) is 0. The van der Waals surface area contributed by atoms with Gasteiger partial charge in [-0.3, -0.25) is 4.79 Å². The van der Waals surface area contributed by atoms with Gasteiger partial charge in [0.2, 0.25) is 0 Å². The van der Waals surface area contributed by atoms with Crippen LogP contribution in [0.3, 0.4) is 0 Å². The number of rotatable bonds is 5. The lowest BCUT2D eigenvalue weighted by Crippen LogP contribution is -2.39. The maximum absolute atomic E-state index is 11.1. The SMILES string of the molecule is CCCc1nc(N2CCCCC2CC)sc1C=O.